The van der Waals surface area contributed by atoms with Gasteiger partial charge in [-0.15, -0.1) is 0 Å². The Bertz CT molecular complexity index is 429. The van der Waals surface area contributed by atoms with Crippen molar-refractivity contribution in [3.63, 3.8) is 0 Å². The lowest BCUT2D eigenvalue weighted by Gasteiger charge is -2.11. The number of benzene rings is 1. The second-order valence-electron chi connectivity index (χ2n) is 3.29. The van der Waals surface area contributed by atoms with Gasteiger partial charge < -0.3 is 10.4 Å². The molecule has 0 aliphatic carbocycles. The van der Waals surface area contributed by atoms with Crippen LogP contribution in [0.25, 0.3) is 0 Å². The van der Waals surface area contributed by atoms with Crippen LogP contribution in [0, 0.1) is 11.3 Å². The minimum atomic E-state index is -0.987. The maximum Gasteiger partial charge on any atom is 0.329 e. The fourth-order valence-corrected chi connectivity index (χ4v) is 1.21. The van der Waals surface area contributed by atoms with Crippen molar-refractivity contribution in [1.82, 2.24) is 5.32 Å². The average molecular weight is 216 g/mol. The zero-order valence-electron chi connectivity index (χ0n) is 8.84. The van der Waals surface area contributed by atoms with E-state index in [4.69, 9.17) is 10.4 Å². The van der Waals surface area contributed by atoms with E-state index in [9.17, 15) is 4.79 Å². The summed E-state index contributed by atoms with van der Waals surface area (Å²) >= 11 is 0. The number of nitriles is 1. The largest absolute Gasteiger partial charge is 0.478 e. The number of hydrogen-bond donors (Lipinski definition) is 2. The molecule has 0 aliphatic heterocycles. The van der Waals surface area contributed by atoms with Gasteiger partial charge in [-0.05, 0) is 24.6 Å². The molecule has 4 nitrogen and oxygen atoms in total. The molecule has 1 atom stereocenters. The summed E-state index contributed by atoms with van der Waals surface area (Å²) in [6, 6.07) is 9.18. The van der Waals surface area contributed by atoms with Crippen molar-refractivity contribution < 1.29 is 9.90 Å². The van der Waals surface area contributed by atoms with Gasteiger partial charge in [-0.2, -0.15) is 5.26 Å². The van der Waals surface area contributed by atoms with Crippen molar-refractivity contribution in [2.45, 2.75) is 13.0 Å². The first kappa shape index (κ1) is 11.8. The minimum absolute atomic E-state index is 0.00310. The lowest BCUT2D eigenvalue weighted by Crippen LogP contribution is -2.12. The minimum Gasteiger partial charge on any atom is -0.478 e. The zero-order valence-corrected chi connectivity index (χ0v) is 8.84. The van der Waals surface area contributed by atoms with Gasteiger partial charge in [0.05, 0.1) is 11.6 Å². The first-order valence-corrected chi connectivity index (χ1v) is 4.79. The van der Waals surface area contributed by atoms with Gasteiger partial charge >= 0.3 is 5.97 Å². The monoisotopic (exact) mass is 216 g/mol. The van der Waals surface area contributed by atoms with Crippen molar-refractivity contribution in [1.29, 1.82) is 5.26 Å². The lowest BCUT2D eigenvalue weighted by atomic mass is 10.1. The molecular weight excluding hydrogens is 204 g/mol. The van der Waals surface area contributed by atoms with Crippen LogP contribution >= 0.6 is 0 Å². The van der Waals surface area contributed by atoms with E-state index in [0.29, 0.717) is 5.56 Å². The van der Waals surface area contributed by atoms with E-state index >= 15 is 0 Å². The maximum atomic E-state index is 10.2. The number of nitrogens with zero attached hydrogens (tertiary/aromatic N) is 1. The first-order chi connectivity index (χ1) is 7.63. The Morgan fingerprint density at radius 3 is 2.62 bits per heavy atom. The van der Waals surface area contributed by atoms with Gasteiger partial charge in [-0.25, -0.2) is 4.79 Å². The van der Waals surface area contributed by atoms with Gasteiger partial charge in [0.15, 0.2) is 0 Å². The highest BCUT2D eigenvalue weighted by Gasteiger charge is 2.02. The summed E-state index contributed by atoms with van der Waals surface area (Å²) in [6.45, 7) is 1.91. The van der Waals surface area contributed by atoms with Gasteiger partial charge in [0.1, 0.15) is 0 Å². The highest BCUT2D eigenvalue weighted by Crippen LogP contribution is 2.12. The maximum absolute atomic E-state index is 10.2. The molecule has 0 spiro atoms. The normalized spacial score (nSPS) is 12.0. The quantitative estimate of drug-likeness (QED) is 0.753. The molecule has 1 aromatic carbocycles. The Hall–Kier alpha value is -2.28. The number of rotatable bonds is 4. The van der Waals surface area contributed by atoms with Crippen LogP contribution in [0.3, 0.4) is 0 Å². The smallest absolute Gasteiger partial charge is 0.329 e. The average Bonchev–Trinajstić information content (AvgIpc) is 2.28. The van der Waals surface area contributed by atoms with Crippen LogP contribution < -0.4 is 5.32 Å². The molecule has 0 aliphatic rings. The van der Waals surface area contributed by atoms with E-state index in [0.717, 1.165) is 11.6 Å². The van der Waals surface area contributed by atoms with Crippen molar-refractivity contribution >= 4 is 5.97 Å². The van der Waals surface area contributed by atoms with Gasteiger partial charge in [0, 0.05) is 18.3 Å². The van der Waals surface area contributed by atoms with Gasteiger partial charge in [-0.3, -0.25) is 0 Å². The Morgan fingerprint density at radius 1 is 1.50 bits per heavy atom. The number of carboxylic acid groups (broad SMARTS) is 1. The van der Waals surface area contributed by atoms with Crippen LogP contribution in [0.2, 0.25) is 0 Å². The van der Waals surface area contributed by atoms with E-state index in [1.165, 1.54) is 6.20 Å². The molecule has 0 amide bonds. The van der Waals surface area contributed by atoms with Crippen LogP contribution in [0.15, 0.2) is 36.5 Å². The van der Waals surface area contributed by atoms with Gasteiger partial charge in [0.2, 0.25) is 0 Å². The first-order valence-electron chi connectivity index (χ1n) is 4.79. The van der Waals surface area contributed by atoms with Crippen LogP contribution in [-0.4, -0.2) is 11.1 Å². The highest BCUT2D eigenvalue weighted by molar-refractivity contribution is 5.79. The Kier molecular flexibility index (Phi) is 4.10. The van der Waals surface area contributed by atoms with Gasteiger partial charge in [-0.1, -0.05) is 12.1 Å². The predicted molar refractivity (Wildman–Crippen MR) is 59.5 cm³/mol. The summed E-state index contributed by atoms with van der Waals surface area (Å²) in [5.74, 6) is -0.987. The molecule has 0 saturated heterocycles. The van der Waals surface area contributed by atoms with E-state index in [2.05, 4.69) is 5.32 Å². The second-order valence-corrected chi connectivity index (χ2v) is 3.29. The molecule has 0 bridgehead atoms. The molecule has 82 valence electrons. The van der Waals surface area contributed by atoms with E-state index in [1.54, 1.807) is 12.1 Å². The van der Waals surface area contributed by atoms with Gasteiger partial charge in [0.25, 0.3) is 0 Å². The third kappa shape index (κ3) is 3.46. The van der Waals surface area contributed by atoms with Crippen LogP contribution in [0.5, 0.6) is 0 Å². The molecule has 1 rings (SSSR count). The fraction of sp³-hybridized carbons (Fsp3) is 0.167. The van der Waals surface area contributed by atoms with Crippen LogP contribution in [0.1, 0.15) is 24.1 Å². The Labute approximate surface area is 93.8 Å². The van der Waals surface area contributed by atoms with Crippen molar-refractivity contribution in [2.75, 3.05) is 0 Å². The van der Waals surface area contributed by atoms with E-state index in [-0.39, 0.29) is 6.04 Å². The molecule has 2 N–H and O–H groups in total. The van der Waals surface area contributed by atoms with Crippen molar-refractivity contribution in [2.24, 2.45) is 0 Å². The number of aliphatic carboxylic acids is 1. The summed E-state index contributed by atoms with van der Waals surface area (Å²) in [5, 5.41) is 20.0. The number of hydrogen-bond acceptors (Lipinski definition) is 3. The standard InChI is InChI=1S/C12H12N2O2/c1-9(14-7-6-12(15)16)11-4-2-10(8-13)3-5-11/h2-7,9,14H,1H3,(H,15,16)/b7-6+. The SMILES string of the molecule is CC(N/C=C/C(=O)O)c1ccc(C#N)cc1. The van der Waals surface area contributed by atoms with Crippen LogP contribution in [-0.2, 0) is 4.79 Å². The zero-order chi connectivity index (χ0) is 12.0. The Balaban J connectivity index is 2.63. The predicted octanol–water partition coefficient (Wildman–Crippen LogP) is 1.81. The molecule has 0 radical (unpaired) electrons. The molecule has 0 heterocycles. The second kappa shape index (κ2) is 5.56. The molecule has 16 heavy (non-hydrogen) atoms. The molecule has 0 fully saturated rings. The number of nitrogens with one attached hydrogen (secondary N) is 1. The molecular formula is C12H12N2O2. The molecule has 0 saturated carbocycles. The molecule has 1 unspecified atom stereocenters. The number of carboxylic acids is 1. The lowest BCUT2D eigenvalue weighted by molar-refractivity contribution is -0.131. The summed E-state index contributed by atoms with van der Waals surface area (Å²) in [5.41, 5.74) is 1.60. The topological polar surface area (TPSA) is 73.1 Å². The molecule has 4 heteroatoms. The summed E-state index contributed by atoms with van der Waals surface area (Å²) in [4.78, 5) is 10.2. The highest BCUT2D eigenvalue weighted by atomic mass is 16.4. The molecule has 1 aromatic rings. The van der Waals surface area contributed by atoms with E-state index < -0.39 is 5.97 Å². The third-order valence-electron chi connectivity index (χ3n) is 2.11. The van der Waals surface area contributed by atoms with Crippen molar-refractivity contribution in [3.05, 3.63) is 47.7 Å². The fourth-order valence-electron chi connectivity index (χ4n) is 1.21. The summed E-state index contributed by atoms with van der Waals surface area (Å²) in [6.07, 6.45) is 2.44. The number of carbonyl (C=O) groups is 1. The Morgan fingerprint density at radius 2 is 2.12 bits per heavy atom. The van der Waals surface area contributed by atoms with Crippen molar-refractivity contribution in [3.8, 4) is 6.07 Å². The summed E-state index contributed by atoms with van der Waals surface area (Å²) in [7, 11) is 0. The summed E-state index contributed by atoms with van der Waals surface area (Å²) < 4.78 is 0. The van der Waals surface area contributed by atoms with Crippen LogP contribution in [0.4, 0.5) is 0 Å². The molecule has 0 aromatic heterocycles. The van der Waals surface area contributed by atoms with E-state index in [1.807, 2.05) is 25.1 Å². The third-order valence-corrected chi connectivity index (χ3v) is 2.11.